The predicted octanol–water partition coefficient (Wildman–Crippen LogP) is 0.458. The summed E-state index contributed by atoms with van der Waals surface area (Å²) in [5.74, 6) is 4.91. The van der Waals surface area contributed by atoms with Crippen LogP contribution in [0.1, 0.15) is 0 Å². The number of nitrogens with one attached hydrogen (secondary N) is 1. The number of amides is 1. The number of carbonyl (C=O) groups is 1. The van der Waals surface area contributed by atoms with Crippen LogP contribution in [-0.4, -0.2) is 12.5 Å². The highest BCUT2D eigenvalue weighted by Crippen LogP contribution is 2.27. The van der Waals surface area contributed by atoms with Crippen molar-refractivity contribution in [3.63, 3.8) is 0 Å². The van der Waals surface area contributed by atoms with Crippen LogP contribution in [0.2, 0.25) is 0 Å². The van der Waals surface area contributed by atoms with Crippen LogP contribution >= 0.6 is 0 Å². The minimum absolute atomic E-state index is 0.0959. The first-order chi connectivity index (χ1) is 6.16. The molecule has 2 rings (SSSR count). The summed E-state index contributed by atoms with van der Waals surface area (Å²) in [5, 5.41) is 3.82. The Balaban J connectivity index is 2.49. The molecule has 1 aliphatic rings. The number of nitrogens with two attached hydrogens (primary N) is 1. The van der Waals surface area contributed by atoms with Crippen molar-refractivity contribution in [3.8, 4) is 0 Å². The van der Waals surface area contributed by atoms with Gasteiger partial charge in [0, 0.05) is 0 Å². The highest BCUT2D eigenvalue weighted by Gasteiger charge is 2.19. The van der Waals surface area contributed by atoms with Crippen molar-refractivity contribution in [2.24, 2.45) is 5.84 Å². The van der Waals surface area contributed by atoms with Gasteiger partial charge in [-0.3, -0.25) is 9.80 Å². The average Bonchev–Trinajstić information content (AvgIpc) is 2.02. The van der Waals surface area contributed by atoms with E-state index in [1.54, 1.807) is 0 Å². The number of fused-ring (bicyclic) bond motifs is 1. The van der Waals surface area contributed by atoms with Gasteiger partial charge in [-0.15, -0.1) is 0 Å². The smallest absolute Gasteiger partial charge is 0.245 e. The van der Waals surface area contributed by atoms with Gasteiger partial charge in [0.05, 0.1) is 11.4 Å². The fourth-order valence-electron chi connectivity index (χ4n) is 1.29. The molecule has 1 aliphatic heterocycles. The van der Waals surface area contributed by atoms with E-state index in [9.17, 15) is 9.18 Å². The van der Waals surface area contributed by atoms with Crippen LogP contribution in [0.5, 0.6) is 0 Å². The summed E-state index contributed by atoms with van der Waals surface area (Å²) < 4.78 is 12.7. The van der Waals surface area contributed by atoms with Crippen LogP contribution in [0.4, 0.5) is 15.8 Å². The Kier molecular flexibility index (Phi) is 1.66. The van der Waals surface area contributed by atoms with Crippen LogP contribution in [0.3, 0.4) is 0 Å². The molecule has 0 unspecified atom stereocenters. The molecule has 1 amide bonds. The first kappa shape index (κ1) is 8.00. The Morgan fingerprint density at radius 3 is 3.08 bits per heavy atom. The molecule has 0 radical (unpaired) electrons. The Morgan fingerprint density at radius 1 is 1.54 bits per heavy atom. The van der Waals surface area contributed by atoms with E-state index in [1.165, 1.54) is 23.2 Å². The number of nitrogens with zero attached hydrogens (tertiary/aromatic N) is 1. The van der Waals surface area contributed by atoms with Gasteiger partial charge in [-0.25, -0.2) is 10.2 Å². The zero-order valence-corrected chi connectivity index (χ0v) is 6.75. The topological polar surface area (TPSA) is 58.4 Å². The van der Waals surface area contributed by atoms with E-state index in [0.29, 0.717) is 11.4 Å². The molecule has 68 valence electrons. The summed E-state index contributed by atoms with van der Waals surface area (Å²) in [4.78, 5) is 11.0. The van der Waals surface area contributed by atoms with E-state index in [1.807, 2.05) is 0 Å². The number of hydrazine groups is 1. The van der Waals surface area contributed by atoms with E-state index in [2.05, 4.69) is 5.32 Å². The van der Waals surface area contributed by atoms with Gasteiger partial charge in [-0.05, 0) is 18.2 Å². The maximum absolute atomic E-state index is 12.7. The second kappa shape index (κ2) is 2.70. The molecular formula is C8H8FN3O. The molecular weight excluding hydrogens is 173 g/mol. The number of benzene rings is 1. The minimum atomic E-state index is -0.394. The molecule has 0 aromatic heterocycles. The molecule has 0 atom stereocenters. The SMILES string of the molecule is NN1CC(=O)Nc2cc(F)ccc21. The summed E-state index contributed by atoms with van der Waals surface area (Å²) in [6, 6.07) is 4.08. The minimum Gasteiger partial charge on any atom is -0.323 e. The molecule has 3 N–H and O–H groups in total. The van der Waals surface area contributed by atoms with Gasteiger partial charge >= 0.3 is 0 Å². The van der Waals surface area contributed by atoms with Gasteiger partial charge in [0.15, 0.2) is 0 Å². The molecule has 0 saturated heterocycles. The van der Waals surface area contributed by atoms with Crippen LogP contribution in [0.15, 0.2) is 18.2 Å². The van der Waals surface area contributed by atoms with Gasteiger partial charge in [-0.2, -0.15) is 0 Å². The zero-order chi connectivity index (χ0) is 9.42. The Labute approximate surface area is 74.1 Å². The molecule has 0 saturated carbocycles. The fourth-order valence-corrected chi connectivity index (χ4v) is 1.29. The quantitative estimate of drug-likeness (QED) is 0.571. The lowest BCUT2D eigenvalue weighted by molar-refractivity contribution is -0.115. The van der Waals surface area contributed by atoms with Gasteiger partial charge < -0.3 is 5.32 Å². The van der Waals surface area contributed by atoms with E-state index in [0.717, 1.165) is 0 Å². The molecule has 1 heterocycles. The predicted molar refractivity (Wildman–Crippen MR) is 46.6 cm³/mol. The molecule has 5 heteroatoms. The van der Waals surface area contributed by atoms with Crippen LogP contribution in [0.25, 0.3) is 0 Å². The normalized spacial score (nSPS) is 15.2. The lowest BCUT2D eigenvalue weighted by Crippen LogP contribution is -2.42. The number of anilines is 2. The van der Waals surface area contributed by atoms with E-state index < -0.39 is 5.82 Å². The van der Waals surface area contributed by atoms with E-state index in [-0.39, 0.29) is 12.5 Å². The van der Waals surface area contributed by atoms with Crippen molar-refractivity contribution in [2.75, 3.05) is 16.9 Å². The van der Waals surface area contributed by atoms with Gasteiger partial charge in [-0.1, -0.05) is 0 Å². The lowest BCUT2D eigenvalue weighted by atomic mass is 10.2. The monoisotopic (exact) mass is 181 g/mol. The van der Waals surface area contributed by atoms with Gasteiger partial charge in [0.2, 0.25) is 5.91 Å². The summed E-state index contributed by atoms with van der Waals surface area (Å²) in [6.07, 6.45) is 0. The lowest BCUT2D eigenvalue weighted by Gasteiger charge is -2.26. The largest absolute Gasteiger partial charge is 0.323 e. The summed E-state index contributed by atoms with van der Waals surface area (Å²) in [5.41, 5.74) is 1.04. The van der Waals surface area contributed by atoms with Crippen molar-refractivity contribution in [1.29, 1.82) is 0 Å². The van der Waals surface area contributed by atoms with E-state index in [4.69, 9.17) is 5.84 Å². The van der Waals surface area contributed by atoms with Crippen LogP contribution in [0, 0.1) is 5.82 Å². The molecule has 0 fully saturated rings. The number of halogens is 1. The zero-order valence-electron chi connectivity index (χ0n) is 6.75. The Hall–Kier alpha value is -1.62. The third kappa shape index (κ3) is 1.33. The number of hydrogen-bond donors (Lipinski definition) is 2. The number of rotatable bonds is 0. The second-order valence-corrected chi connectivity index (χ2v) is 2.84. The highest BCUT2D eigenvalue weighted by atomic mass is 19.1. The number of hydrogen-bond acceptors (Lipinski definition) is 3. The highest BCUT2D eigenvalue weighted by molar-refractivity contribution is 6.00. The first-order valence-electron chi connectivity index (χ1n) is 3.78. The molecule has 1 aromatic rings. The van der Waals surface area contributed by atoms with E-state index >= 15 is 0 Å². The molecule has 1 aromatic carbocycles. The average molecular weight is 181 g/mol. The molecule has 0 spiro atoms. The first-order valence-corrected chi connectivity index (χ1v) is 3.78. The van der Waals surface area contributed by atoms with Crippen molar-refractivity contribution in [3.05, 3.63) is 24.0 Å². The third-order valence-electron chi connectivity index (χ3n) is 1.86. The molecule has 4 nitrogen and oxygen atoms in total. The third-order valence-corrected chi connectivity index (χ3v) is 1.86. The molecule has 0 bridgehead atoms. The summed E-state index contributed by atoms with van der Waals surface area (Å²) in [7, 11) is 0. The molecule has 0 aliphatic carbocycles. The second-order valence-electron chi connectivity index (χ2n) is 2.84. The fraction of sp³-hybridized carbons (Fsp3) is 0.125. The Morgan fingerprint density at radius 2 is 2.31 bits per heavy atom. The van der Waals surface area contributed by atoms with Crippen LogP contribution < -0.4 is 16.2 Å². The van der Waals surface area contributed by atoms with Crippen molar-refractivity contribution in [1.82, 2.24) is 0 Å². The van der Waals surface area contributed by atoms with Crippen molar-refractivity contribution >= 4 is 17.3 Å². The standard InChI is InChI=1S/C8H8FN3O/c9-5-1-2-7-6(3-5)11-8(13)4-12(7)10/h1-3H,4,10H2,(H,11,13). The maximum Gasteiger partial charge on any atom is 0.245 e. The Bertz CT molecular complexity index is 366. The molecule has 13 heavy (non-hydrogen) atoms. The van der Waals surface area contributed by atoms with Crippen molar-refractivity contribution in [2.45, 2.75) is 0 Å². The summed E-state index contributed by atoms with van der Waals surface area (Å²) in [6.45, 7) is 0.0959. The number of carbonyl (C=O) groups excluding carboxylic acids is 1. The van der Waals surface area contributed by atoms with Crippen molar-refractivity contribution < 1.29 is 9.18 Å². The maximum atomic E-state index is 12.7. The van der Waals surface area contributed by atoms with Gasteiger partial charge in [0.1, 0.15) is 12.4 Å². The van der Waals surface area contributed by atoms with Crippen LogP contribution in [-0.2, 0) is 4.79 Å². The summed E-state index contributed by atoms with van der Waals surface area (Å²) >= 11 is 0. The van der Waals surface area contributed by atoms with Gasteiger partial charge in [0.25, 0.3) is 0 Å².